The maximum absolute atomic E-state index is 11.1. The Morgan fingerprint density at radius 3 is 2.77 bits per heavy atom. The van der Waals surface area contributed by atoms with Crippen LogP contribution in [0.3, 0.4) is 0 Å². The number of Topliss-reactive ketones (excluding diaryl/α,β-unsaturated/α-hetero) is 1. The molecular formula is C11H11NO. The number of carbonyl (C=O) groups is 1. The lowest BCUT2D eigenvalue weighted by molar-refractivity contribution is -0.118. The smallest absolute Gasteiger partial charge is 0.145 e. The van der Waals surface area contributed by atoms with Crippen molar-refractivity contribution in [2.24, 2.45) is 0 Å². The van der Waals surface area contributed by atoms with Crippen molar-refractivity contribution in [3.05, 3.63) is 30.1 Å². The monoisotopic (exact) mass is 173 g/mol. The summed E-state index contributed by atoms with van der Waals surface area (Å²) in [6, 6.07) is 3.81. The molecule has 0 saturated heterocycles. The van der Waals surface area contributed by atoms with Crippen LogP contribution in [0.1, 0.15) is 18.4 Å². The molecule has 0 aliphatic carbocycles. The highest BCUT2D eigenvalue weighted by Gasteiger charge is 1.99. The van der Waals surface area contributed by atoms with Gasteiger partial charge >= 0.3 is 0 Å². The summed E-state index contributed by atoms with van der Waals surface area (Å²) >= 11 is 0. The van der Waals surface area contributed by atoms with Crippen LogP contribution in [0.25, 0.3) is 0 Å². The number of terminal acetylenes is 1. The van der Waals surface area contributed by atoms with Crippen LogP contribution in [0.2, 0.25) is 0 Å². The molecule has 0 atom stereocenters. The van der Waals surface area contributed by atoms with E-state index >= 15 is 0 Å². The molecule has 0 N–H and O–H groups in total. The van der Waals surface area contributed by atoms with Gasteiger partial charge in [0, 0.05) is 18.8 Å². The zero-order valence-electron chi connectivity index (χ0n) is 7.36. The highest BCUT2D eigenvalue weighted by molar-refractivity contribution is 5.80. The first-order valence-corrected chi connectivity index (χ1v) is 4.17. The third-order valence-corrected chi connectivity index (χ3v) is 1.74. The molecule has 13 heavy (non-hydrogen) atoms. The van der Waals surface area contributed by atoms with Crippen LogP contribution in [-0.4, -0.2) is 10.8 Å². The van der Waals surface area contributed by atoms with Crippen LogP contribution in [0.4, 0.5) is 0 Å². The highest BCUT2D eigenvalue weighted by atomic mass is 16.1. The van der Waals surface area contributed by atoms with E-state index in [1.165, 1.54) is 0 Å². The number of hydrogen-bond acceptors (Lipinski definition) is 2. The first kappa shape index (κ1) is 9.47. The Morgan fingerprint density at radius 2 is 2.15 bits per heavy atom. The van der Waals surface area contributed by atoms with E-state index < -0.39 is 0 Å². The second-order valence-corrected chi connectivity index (χ2v) is 2.78. The van der Waals surface area contributed by atoms with Crippen molar-refractivity contribution >= 4 is 5.78 Å². The minimum Gasteiger partial charge on any atom is -0.299 e. The summed E-state index contributed by atoms with van der Waals surface area (Å²) in [6.45, 7) is 0. The van der Waals surface area contributed by atoms with Crippen molar-refractivity contribution in [1.82, 2.24) is 4.98 Å². The number of ketones is 1. The predicted molar refractivity (Wildman–Crippen MR) is 51.0 cm³/mol. The second-order valence-electron chi connectivity index (χ2n) is 2.78. The molecule has 2 nitrogen and oxygen atoms in total. The molecule has 0 aliphatic rings. The summed E-state index contributed by atoms with van der Waals surface area (Å²) in [5.74, 6) is 2.47. The van der Waals surface area contributed by atoms with Gasteiger partial charge in [-0.25, -0.2) is 0 Å². The van der Waals surface area contributed by atoms with Gasteiger partial charge in [0.25, 0.3) is 0 Å². The van der Waals surface area contributed by atoms with Gasteiger partial charge in [0.15, 0.2) is 0 Å². The molecule has 0 radical (unpaired) electrons. The standard InChI is InChI=1S/C11H11NO/c1-2-3-11(13)5-4-10-6-8-12-9-7-10/h1,6-9H,3-5H2. The largest absolute Gasteiger partial charge is 0.299 e. The van der Waals surface area contributed by atoms with E-state index in [0.29, 0.717) is 6.42 Å². The number of aryl methyl sites for hydroxylation is 1. The molecule has 0 aliphatic heterocycles. The third kappa shape index (κ3) is 3.53. The van der Waals surface area contributed by atoms with Crippen molar-refractivity contribution in [2.75, 3.05) is 0 Å². The number of nitrogens with zero attached hydrogens (tertiary/aromatic N) is 1. The molecule has 1 heterocycles. The molecule has 2 heteroatoms. The fourth-order valence-electron chi connectivity index (χ4n) is 1.04. The quantitative estimate of drug-likeness (QED) is 0.647. The summed E-state index contributed by atoms with van der Waals surface area (Å²) in [5.41, 5.74) is 1.13. The van der Waals surface area contributed by atoms with Crippen LogP contribution in [0.15, 0.2) is 24.5 Å². The minimum atomic E-state index is 0.124. The molecule has 0 amide bonds. The number of carbonyl (C=O) groups excluding carboxylic acids is 1. The van der Waals surface area contributed by atoms with Gasteiger partial charge in [-0.05, 0) is 24.1 Å². The average molecular weight is 173 g/mol. The van der Waals surface area contributed by atoms with Gasteiger partial charge in [0.05, 0.1) is 6.42 Å². The van der Waals surface area contributed by atoms with Crippen molar-refractivity contribution in [3.63, 3.8) is 0 Å². The van der Waals surface area contributed by atoms with E-state index in [1.54, 1.807) is 12.4 Å². The summed E-state index contributed by atoms with van der Waals surface area (Å²) in [4.78, 5) is 14.9. The van der Waals surface area contributed by atoms with Crippen LogP contribution < -0.4 is 0 Å². The molecule has 0 spiro atoms. The maximum atomic E-state index is 11.1. The molecule has 0 unspecified atom stereocenters. The van der Waals surface area contributed by atoms with Crippen LogP contribution >= 0.6 is 0 Å². The average Bonchev–Trinajstić information content (AvgIpc) is 2.17. The number of pyridine rings is 1. The van der Waals surface area contributed by atoms with Crippen LogP contribution in [-0.2, 0) is 11.2 Å². The first-order valence-electron chi connectivity index (χ1n) is 4.17. The van der Waals surface area contributed by atoms with Gasteiger partial charge in [-0.3, -0.25) is 9.78 Å². The molecule has 1 rings (SSSR count). The number of aromatic nitrogens is 1. The Labute approximate surface area is 78.0 Å². The Morgan fingerprint density at radius 1 is 1.46 bits per heavy atom. The minimum absolute atomic E-state index is 0.124. The third-order valence-electron chi connectivity index (χ3n) is 1.74. The fourth-order valence-corrected chi connectivity index (χ4v) is 1.04. The molecule has 1 aromatic heterocycles. The van der Waals surface area contributed by atoms with Gasteiger partial charge in [-0.1, -0.05) is 5.92 Å². The topological polar surface area (TPSA) is 30.0 Å². The lowest BCUT2D eigenvalue weighted by atomic mass is 10.1. The highest BCUT2D eigenvalue weighted by Crippen LogP contribution is 2.02. The summed E-state index contributed by atoms with van der Waals surface area (Å²) in [6.07, 6.45) is 9.98. The van der Waals surface area contributed by atoms with E-state index in [4.69, 9.17) is 6.42 Å². The van der Waals surface area contributed by atoms with Crippen LogP contribution in [0, 0.1) is 12.3 Å². The Kier molecular flexibility index (Phi) is 3.72. The summed E-state index contributed by atoms with van der Waals surface area (Å²) in [5, 5.41) is 0. The van der Waals surface area contributed by atoms with E-state index in [9.17, 15) is 4.79 Å². The summed E-state index contributed by atoms with van der Waals surface area (Å²) < 4.78 is 0. The Bertz CT molecular complexity index is 311. The van der Waals surface area contributed by atoms with E-state index in [2.05, 4.69) is 10.9 Å². The molecule has 66 valence electrons. The van der Waals surface area contributed by atoms with Gasteiger partial charge in [-0.2, -0.15) is 0 Å². The van der Waals surface area contributed by atoms with E-state index in [0.717, 1.165) is 12.0 Å². The fraction of sp³-hybridized carbons (Fsp3) is 0.273. The zero-order valence-corrected chi connectivity index (χ0v) is 7.36. The van der Waals surface area contributed by atoms with Crippen molar-refractivity contribution in [3.8, 4) is 12.3 Å². The lowest BCUT2D eigenvalue weighted by Crippen LogP contribution is -1.98. The lowest BCUT2D eigenvalue weighted by Gasteiger charge is -1.97. The van der Waals surface area contributed by atoms with E-state index in [1.807, 2.05) is 12.1 Å². The maximum Gasteiger partial charge on any atom is 0.145 e. The van der Waals surface area contributed by atoms with Crippen molar-refractivity contribution < 1.29 is 4.79 Å². The molecule has 0 bridgehead atoms. The van der Waals surface area contributed by atoms with E-state index in [-0.39, 0.29) is 12.2 Å². The normalized spacial score (nSPS) is 9.15. The number of rotatable bonds is 4. The molecule has 0 fully saturated rings. The summed E-state index contributed by atoms with van der Waals surface area (Å²) in [7, 11) is 0. The van der Waals surface area contributed by atoms with Crippen LogP contribution in [0.5, 0.6) is 0 Å². The van der Waals surface area contributed by atoms with Gasteiger partial charge in [-0.15, -0.1) is 6.42 Å². The van der Waals surface area contributed by atoms with Gasteiger partial charge in [0.2, 0.25) is 0 Å². The molecule has 0 aromatic carbocycles. The second kappa shape index (κ2) is 5.10. The van der Waals surface area contributed by atoms with Gasteiger partial charge < -0.3 is 0 Å². The number of hydrogen-bond donors (Lipinski definition) is 0. The Hall–Kier alpha value is -1.62. The van der Waals surface area contributed by atoms with Crippen molar-refractivity contribution in [1.29, 1.82) is 0 Å². The van der Waals surface area contributed by atoms with Crippen molar-refractivity contribution in [2.45, 2.75) is 19.3 Å². The molecule has 0 saturated carbocycles. The molecule has 1 aromatic rings. The Balaban J connectivity index is 2.36. The van der Waals surface area contributed by atoms with Gasteiger partial charge in [0.1, 0.15) is 5.78 Å². The molecular weight excluding hydrogens is 162 g/mol. The predicted octanol–water partition coefficient (Wildman–Crippen LogP) is 1.61. The SMILES string of the molecule is C#CCC(=O)CCc1ccncc1. The zero-order chi connectivity index (χ0) is 9.52. The first-order chi connectivity index (χ1) is 6.33.